The molecule has 1 fully saturated rings. The molecule has 1 aliphatic carbocycles. The molecule has 1 saturated carbocycles. The molecule has 0 spiro atoms. The fraction of sp³-hybridized carbons (Fsp3) is 0.700. The largest absolute Gasteiger partial charge is 0.266 e. The first-order valence-corrected chi connectivity index (χ1v) is 4.60. The fourth-order valence-corrected chi connectivity index (χ4v) is 1.45. The van der Waals surface area contributed by atoms with Crippen LogP contribution in [0.5, 0.6) is 0 Å². The summed E-state index contributed by atoms with van der Waals surface area (Å²) in [6.07, 6.45) is 11.9. The lowest BCUT2D eigenvalue weighted by atomic mass is 10.2. The molecule has 0 radical (unpaired) electrons. The third-order valence-corrected chi connectivity index (χ3v) is 2.09. The Kier molecular flexibility index (Phi) is 3.95. The van der Waals surface area contributed by atoms with E-state index in [2.05, 4.69) is 4.99 Å². The zero-order valence-electron chi connectivity index (χ0n) is 7.34. The van der Waals surface area contributed by atoms with Gasteiger partial charge in [-0.25, -0.2) is 0 Å². The van der Waals surface area contributed by atoms with Crippen LogP contribution in [0.1, 0.15) is 45.4 Å². The summed E-state index contributed by atoms with van der Waals surface area (Å²) in [6, 6.07) is 0. The minimum absolute atomic E-state index is 1.23. The number of rotatable bonds is 1. The Bertz CT molecular complexity index is 146. The van der Waals surface area contributed by atoms with Gasteiger partial charge in [0.15, 0.2) is 0 Å². The van der Waals surface area contributed by atoms with E-state index in [9.17, 15) is 0 Å². The van der Waals surface area contributed by atoms with Crippen LogP contribution in [-0.2, 0) is 0 Å². The van der Waals surface area contributed by atoms with Crippen molar-refractivity contribution in [3.8, 4) is 0 Å². The fourth-order valence-electron chi connectivity index (χ4n) is 1.45. The number of hydrogen-bond acceptors (Lipinski definition) is 1. The second kappa shape index (κ2) is 5.11. The summed E-state index contributed by atoms with van der Waals surface area (Å²) < 4.78 is 0. The molecule has 0 aromatic rings. The summed E-state index contributed by atoms with van der Waals surface area (Å²) in [5.41, 5.74) is 1.40. The molecule has 1 rings (SSSR count). The molecule has 0 atom stereocenters. The number of hydrogen-bond donors (Lipinski definition) is 0. The standard InChI is InChI=1S/C10H17N/c1-2-9-11-10-7-5-3-4-6-8-10/h2,9H,3-8H2,1H3/b9-2-. The summed E-state index contributed by atoms with van der Waals surface area (Å²) in [6.45, 7) is 2.01. The van der Waals surface area contributed by atoms with Gasteiger partial charge in [0.1, 0.15) is 0 Å². The van der Waals surface area contributed by atoms with E-state index in [1.54, 1.807) is 0 Å². The third kappa shape index (κ3) is 3.35. The van der Waals surface area contributed by atoms with Crippen LogP contribution >= 0.6 is 0 Å². The first kappa shape index (κ1) is 8.51. The maximum atomic E-state index is 4.40. The van der Waals surface area contributed by atoms with Gasteiger partial charge < -0.3 is 0 Å². The van der Waals surface area contributed by atoms with Gasteiger partial charge in [0.25, 0.3) is 0 Å². The highest BCUT2D eigenvalue weighted by Crippen LogP contribution is 2.14. The second-order valence-electron chi connectivity index (χ2n) is 3.09. The van der Waals surface area contributed by atoms with E-state index in [1.165, 1.54) is 44.2 Å². The molecule has 0 aromatic carbocycles. The lowest BCUT2D eigenvalue weighted by Gasteiger charge is -1.96. The topological polar surface area (TPSA) is 12.4 Å². The molecule has 0 aliphatic heterocycles. The number of nitrogens with zero attached hydrogens (tertiary/aromatic N) is 1. The van der Waals surface area contributed by atoms with Crippen molar-refractivity contribution >= 4 is 5.71 Å². The first-order valence-electron chi connectivity index (χ1n) is 4.60. The van der Waals surface area contributed by atoms with Crippen molar-refractivity contribution in [2.45, 2.75) is 45.4 Å². The predicted octanol–water partition coefficient (Wildman–Crippen LogP) is 3.32. The molecular weight excluding hydrogens is 134 g/mol. The van der Waals surface area contributed by atoms with E-state index < -0.39 is 0 Å². The normalized spacial score (nSPS) is 20.3. The third-order valence-electron chi connectivity index (χ3n) is 2.09. The highest BCUT2D eigenvalue weighted by Gasteiger charge is 2.03. The molecule has 0 saturated heterocycles. The van der Waals surface area contributed by atoms with Crippen LogP contribution in [0, 0.1) is 0 Å². The molecule has 0 unspecified atom stereocenters. The smallest absolute Gasteiger partial charge is 0.0224 e. The molecule has 0 N–H and O–H groups in total. The van der Waals surface area contributed by atoms with Crippen molar-refractivity contribution in [2.75, 3.05) is 0 Å². The number of allylic oxidation sites excluding steroid dienone is 1. The molecule has 1 aliphatic rings. The zero-order chi connectivity index (χ0) is 7.94. The summed E-state index contributed by atoms with van der Waals surface area (Å²) in [5.74, 6) is 0. The van der Waals surface area contributed by atoms with Gasteiger partial charge in [0.2, 0.25) is 0 Å². The van der Waals surface area contributed by atoms with Gasteiger partial charge in [-0.2, -0.15) is 0 Å². The highest BCUT2D eigenvalue weighted by molar-refractivity contribution is 5.85. The number of aliphatic imine (C=N–C) groups is 1. The van der Waals surface area contributed by atoms with Crippen LogP contribution in [0.15, 0.2) is 17.3 Å². The van der Waals surface area contributed by atoms with Crippen molar-refractivity contribution in [2.24, 2.45) is 4.99 Å². The molecule has 0 heterocycles. The molecule has 1 heteroatoms. The minimum atomic E-state index is 1.23. The molecule has 11 heavy (non-hydrogen) atoms. The van der Waals surface area contributed by atoms with Crippen molar-refractivity contribution in [3.63, 3.8) is 0 Å². The lowest BCUT2D eigenvalue weighted by Crippen LogP contribution is -1.93. The van der Waals surface area contributed by atoms with E-state index in [0.717, 1.165) is 0 Å². The van der Waals surface area contributed by atoms with E-state index in [1.807, 2.05) is 19.2 Å². The maximum absolute atomic E-state index is 4.40. The van der Waals surface area contributed by atoms with Crippen LogP contribution in [0.2, 0.25) is 0 Å². The van der Waals surface area contributed by atoms with E-state index in [-0.39, 0.29) is 0 Å². The summed E-state index contributed by atoms with van der Waals surface area (Å²) in [4.78, 5) is 4.40. The monoisotopic (exact) mass is 151 g/mol. The minimum Gasteiger partial charge on any atom is -0.266 e. The zero-order valence-corrected chi connectivity index (χ0v) is 7.34. The van der Waals surface area contributed by atoms with Crippen LogP contribution < -0.4 is 0 Å². The molecule has 0 amide bonds. The van der Waals surface area contributed by atoms with Gasteiger partial charge in [-0.15, -0.1) is 0 Å². The van der Waals surface area contributed by atoms with Crippen LogP contribution in [0.4, 0.5) is 0 Å². The first-order chi connectivity index (χ1) is 5.43. The van der Waals surface area contributed by atoms with Crippen LogP contribution in [0.25, 0.3) is 0 Å². The Morgan fingerprint density at radius 2 is 1.73 bits per heavy atom. The second-order valence-corrected chi connectivity index (χ2v) is 3.09. The Hall–Kier alpha value is -0.590. The average Bonchev–Trinajstić information content (AvgIpc) is 2.28. The van der Waals surface area contributed by atoms with Gasteiger partial charge >= 0.3 is 0 Å². The molecular formula is C10H17N. The predicted molar refractivity (Wildman–Crippen MR) is 50.0 cm³/mol. The summed E-state index contributed by atoms with van der Waals surface area (Å²) in [7, 11) is 0. The Morgan fingerprint density at radius 3 is 2.27 bits per heavy atom. The van der Waals surface area contributed by atoms with Crippen LogP contribution in [-0.4, -0.2) is 5.71 Å². The van der Waals surface area contributed by atoms with Gasteiger partial charge in [0, 0.05) is 11.9 Å². The Morgan fingerprint density at radius 1 is 1.09 bits per heavy atom. The lowest BCUT2D eigenvalue weighted by molar-refractivity contribution is 0.702. The molecule has 62 valence electrons. The van der Waals surface area contributed by atoms with E-state index in [4.69, 9.17) is 0 Å². The van der Waals surface area contributed by atoms with Gasteiger partial charge in [-0.3, -0.25) is 4.99 Å². The molecule has 0 bridgehead atoms. The maximum Gasteiger partial charge on any atom is 0.0224 e. The van der Waals surface area contributed by atoms with Crippen LogP contribution in [0.3, 0.4) is 0 Å². The van der Waals surface area contributed by atoms with Gasteiger partial charge in [0.05, 0.1) is 0 Å². The highest BCUT2D eigenvalue weighted by atomic mass is 14.7. The molecule has 1 nitrogen and oxygen atoms in total. The van der Waals surface area contributed by atoms with Crippen molar-refractivity contribution < 1.29 is 0 Å². The quantitative estimate of drug-likeness (QED) is 0.510. The molecule has 0 aromatic heterocycles. The van der Waals surface area contributed by atoms with Gasteiger partial charge in [-0.05, 0) is 32.6 Å². The SMILES string of the molecule is C/C=C\N=C1CCCCCC1. The average molecular weight is 151 g/mol. The van der Waals surface area contributed by atoms with E-state index in [0.29, 0.717) is 0 Å². The van der Waals surface area contributed by atoms with Crippen molar-refractivity contribution in [1.82, 2.24) is 0 Å². The Labute approximate surface area is 69.2 Å². The summed E-state index contributed by atoms with van der Waals surface area (Å²) in [5, 5.41) is 0. The van der Waals surface area contributed by atoms with E-state index >= 15 is 0 Å². The van der Waals surface area contributed by atoms with Crippen molar-refractivity contribution in [3.05, 3.63) is 12.3 Å². The van der Waals surface area contributed by atoms with Gasteiger partial charge in [-0.1, -0.05) is 18.9 Å². The Balaban J connectivity index is 2.41. The van der Waals surface area contributed by atoms with Crippen molar-refractivity contribution in [1.29, 1.82) is 0 Å². The summed E-state index contributed by atoms with van der Waals surface area (Å²) >= 11 is 0.